The van der Waals surface area contributed by atoms with Crippen LogP contribution in [0.3, 0.4) is 0 Å². The quantitative estimate of drug-likeness (QED) is 0.312. The average molecular weight is 487 g/mol. The number of nitrogens with one attached hydrogen (secondary N) is 2. The Bertz CT molecular complexity index is 1320. The number of hydrogen-bond donors (Lipinski definition) is 2. The second kappa shape index (κ2) is 10.7. The third kappa shape index (κ3) is 5.75. The van der Waals surface area contributed by atoms with Crippen LogP contribution in [0, 0.1) is 12.7 Å². The van der Waals surface area contributed by atoms with Gasteiger partial charge in [0.2, 0.25) is 11.9 Å². The predicted octanol–water partition coefficient (Wildman–Crippen LogP) is 3.87. The first-order chi connectivity index (χ1) is 17.5. The Labute approximate surface area is 208 Å². The highest BCUT2D eigenvalue weighted by molar-refractivity contribution is 6.00. The third-order valence-corrected chi connectivity index (χ3v) is 6.05. The summed E-state index contributed by atoms with van der Waals surface area (Å²) in [4.78, 5) is 24.3. The van der Waals surface area contributed by atoms with Crippen molar-refractivity contribution in [1.82, 2.24) is 9.97 Å². The number of fused-ring (bicyclic) bond motifs is 1. The van der Waals surface area contributed by atoms with Gasteiger partial charge in [0.15, 0.2) is 0 Å². The number of hydrogen-bond acceptors (Lipinski definition) is 7. The Morgan fingerprint density at radius 3 is 2.69 bits per heavy atom. The molecule has 0 unspecified atom stereocenters. The van der Waals surface area contributed by atoms with Crippen LogP contribution in [0.15, 0.2) is 65.3 Å². The first kappa shape index (κ1) is 23.6. The summed E-state index contributed by atoms with van der Waals surface area (Å²) >= 11 is 0. The number of anilines is 3. The molecular weight excluding hydrogens is 459 g/mol. The van der Waals surface area contributed by atoms with E-state index in [1.807, 2.05) is 31.2 Å². The van der Waals surface area contributed by atoms with Crippen LogP contribution in [-0.2, 0) is 22.4 Å². The summed E-state index contributed by atoms with van der Waals surface area (Å²) in [7, 11) is 0. The molecule has 1 aliphatic carbocycles. The van der Waals surface area contributed by atoms with E-state index < -0.39 is 0 Å². The van der Waals surface area contributed by atoms with Crippen LogP contribution in [0.5, 0.6) is 0 Å². The highest BCUT2D eigenvalue weighted by Crippen LogP contribution is 2.33. The zero-order valence-electron chi connectivity index (χ0n) is 20.0. The van der Waals surface area contributed by atoms with Gasteiger partial charge >= 0.3 is 0 Å². The number of rotatable bonds is 6. The van der Waals surface area contributed by atoms with E-state index in [2.05, 4.69) is 20.7 Å². The van der Waals surface area contributed by atoms with Crippen LogP contribution in [0.4, 0.5) is 21.8 Å². The van der Waals surface area contributed by atoms with Crippen LogP contribution in [0.2, 0.25) is 0 Å². The molecule has 2 N–H and O–H groups in total. The number of amides is 1. The standard InChI is InChI=1S/C27H27FN6O2/c1-18-3-2-4-19(13-18)17-29-33-27-31-24-15-20(16-25(35)30-22-7-5-21(28)6-8-22)14-23(24)26(32-27)34-9-11-36-12-10-34/h2-8,13,16-17H,9-12,14-15H2,1H3,(H,30,35)(H,31,32,33)/b20-16+,29-17+. The third-order valence-electron chi connectivity index (χ3n) is 6.05. The van der Waals surface area contributed by atoms with Crippen molar-refractivity contribution in [3.63, 3.8) is 0 Å². The Kier molecular flexibility index (Phi) is 6.99. The number of benzene rings is 2. The van der Waals surface area contributed by atoms with Gasteiger partial charge in [-0.15, -0.1) is 0 Å². The van der Waals surface area contributed by atoms with Crippen molar-refractivity contribution in [3.05, 3.63) is 88.4 Å². The number of allylic oxidation sites excluding steroid dienone is 1. The molecule has 2 aliphatic rings. The second-order valence-electron chi connectivity index (χ2n) is 8.83. The molecule has 9 heteroatoms. The van der Waals surface area contributed by atoms with E-state index in [1.54, 1.807) is 12.3 Å². The molecule has 1 amide bonds. The Hall–Kier alpha value is -4.11. The van der Waals surface area contributed by atoms with Crippen molar-refractivity contribution in [2.24, 2.45) is 5.10 Å². The summed E-state index contributed by atoms with van der Waals surface area (Å²) in [6.07, 6.45) is 4.47. The molecule has 1 aromatic heterocycles. The predicted molar refractivity (Wildman–Crippen MR) is 138 cm³/mol. The number of aryl methyl sites for hydroxylation is 1. The highest BCUT2D eigenvalue weighted by Gasteiger charge is 2.27. The minimum Gasteiger partial charge on any atom is -0.378 e. The van der Waals surface area contributed by atoms with Gasteiger partial charge < -0.3 is 15.0 Å². The molecule has 2 heterocycles. The van der Waals surface area contributed by atoms with E-state index in [9.17, 15) is 9.18 Å². The van der Waals surface area contributed by atoms with Crippen molar-refractivity contribution >= 4 is 29.6 Å². The van der Waals surface area contributed by atoms with Crippen molar-refractivity contribution in [2.45, 2.75) is 19.8 Å². The molecule has 2 aromatic carbocycles. The number of ether oxygens (including phenoxy) is 1. The zero-order chi connectivity index (χ0) is 24.9. The minimum atomic E-state index is -0.348. The van der Waals surface area contributed by atoms with E-state index in [0.717, 1.165) is 46.9 Å². The first-order valence-electron chi connectivity index (χ1n) is 11.9. The minimum absolute atomic E-state index is 0.258. The van der Waals surface area contributed by atoms with Gasteiger partial charge in [0, 0.05) is 36.8 Å². The lowest BCUT2D eigenvalue weighted by Gasteiger charge is -2.29. The summed E-state index contributed by atoms with van der Waals surface area (Å²) in [5.41, 5.74) is 8.49. The van der Waals surface area contributed by atoms with Gasteiger partial charge in [0.1, 0.15) is 11.6 Å². The van der Waals surface area contributed by atoms with Crippen molar-refractivity contribution in [2.75, 3.05) is 41.9 Å². The lowest BCUT2D eigenvalue weighted by Crippen LogP contribution is -2.37. The second-order valence-corrected chi connectivity index (χ2v) is 8.83. The lowest BCUT2D eigenvalue weighted by atomic mass is 10.1. The van der Waals surface area contributed by atoms with Gasteiger partial charge in [-0.3, -0.25) is 4.79 Å². The van der Waals surface area contributed by atoms with Crippen LogP contribution in [0.1, 0.15) is 22.4 Å². The fraction of sp³-hybridized carbons (Fsp3) is 0.259. The topological polar surface area (TPSA) is 91.7 Å². The molecule has 0 saturated carbocycles. The smallest absolute Gasteiger partial charge is 0.248 e. The molecule has 1 fully saturated rings. The number of aromatic nitrogens is 2. The van der Waals surface area contributed by atoms with Crippen LogP contribution in [0.25, 0.3) is 0 Å². The molecule has 5 rings (SSSR count). The van der Waals surface area contributed by atoms with E-state index >= 15 is 0 Å². The molecule has 0 bridgehead atoms. The van der Waals surface area contributed by atoms with Gasteiger partial charge in [-0.05, 0) is 43.2 Å². The van der Waals surface area contributed by atoms with Crippen molar-refractivity contribution in [3.8, 4) is 0 Å². The molecule has 1 aliphatic heterocycles. The van der Waals surface area contributed by atoms with Gasteiger partial charge in [0.05, 0.1) is 25.1 Å². The number of carbonyl (C=O) groups excluding carboxylic acids is 1. The summed E-state index contributed by atoms with van der Waals surface area (Å²) in [6, 6.07) is 13.7. The largest absolute Gasteiger partial charge is 0.378 e. The number of hydrazone groups is 1. The number of nitrogens with zero attached hydrogens (tertiary/aromatic N) is 4. The van der Waals surface area contributed by atoms with E-state index in [-0.39, 0.29) is 11.7 Å². The molecule has 0 spiro atoms. The lowest BCUT2D eigenvalue weighted by molar-refractivity contribution is -0.112. The average Bonchev–Trinajstić information content (AvgIpc) is 3.27. The Morgan fingerprint density at radius 1 is 1.11 bits per heavy atom. The Balaban J connectivity index is 1.36. The fourth-order valence-electron chi connectivity index (χ4n) is 4.35. The maximum absolute atomic E-state index is 13.1. The van der Waals surface area contributed by atoms with E-state index in [4.69, 9.17) is 14.7 Å². The highest BCUT2D eigenvalue weighted by atomic mass is 19.1. The SMILES string of the molecule is Cc1cccc(/C=N/Nc2nc3c(c(N4CCOCC4)n2)C/C(=C\C(=O)Nc2ccc(F)cc2)C3)c1. The van der Waals surface area contributed by atoms with Gasteiger partial charge in [-0.2, -0.15) is 10.1 Å². The Morgan fingerprint density at radius 2 is 1.92 bits per heavy atom. The molecule has 184 valence electrons. The van der Waals surface area contributed by atoms with Crippen LogP contribution >= 0.6 is 0 Å². The number of morpholine rings is 1. The molecule has 0 atom stereocenters. The van der Waals surface area contributed by atoms with Gasteiger partial charge in [-0.25, -0.2) is 14.8 Å². The molecule has 36 heavy (non-hydrogen) atoms. The van der Waals surface area contributed by atoms with Crippen molar-refractivity contribution < 1.29 is 13.9 Å². The zero-order valence-corrected chi connectivity index (χ0v) is 20.0. The summed E-state index contributed by atoms with van der Waals surface area (Å²) in [5, 5.41) is 7.12. The number of halogens is 1. The van der Waals surface area contributed by atoms with E-state index in [0.29, 0.717) is 37.7 Å². The van der Waals surface area contributed by atoms with Crippen molar-refractivity contribution in [1.29, 1.82) is 0 Å². The molecule has 8 nitrogen and oxygen atoms in total. The number of carbonyl (C=O) groups is 1. The maximum atomic E-state index is 13.1. The fourth-order valence-corrected chi connectivity index (χ4v) is 4.35. The molecule has 3 aromatic rings. The summed E-state index contributed by atoms with van der Waals surface area (Å²) < 4.78 is 18.7. The van der Waals surface area contributed by atoms with Crippen LogP contribution < -0.4 is 15.6 Å². The summed E-state index contributed by atoms with van der Waals surface area (Å²) in [6.45, 7) is 4.78. The van der Waals surface area contributed by atoms with Gasteiger partial charge in [-0.1, -0.05) is 35.4 Å². The van der Waals surface area contributed by atoms with Gasteiger partial charge in [0.25, 0.3) is 0 Å². The summed E-state index contributed by atoms with van der Waals surface area (Å²) in [5.74, 6) is 0.654. The first-order valence-corrected chi connectivity index (χ1v) is 11.9. The normalized spacial score (nSPS) is 16.4. The molecular formula is C27H27FN6O2. The maximum Gasteiger partial charge on any atom is 0.248 e. The van der Waals surface area contributed by atoms with Crippen LogP contribution in [-0.4, -0.2) is 48.4 Å². The van der Waals surface area contributed by atoms with E-state index in [1.165, 1.54) is 24.3 Å². The monoisotopic (exact) mass is 486 g/mol. The molecule has 0 radical (unpaired) electrons. The molecule has 1 saturated heterocycles.